The van der Waals surface area contributed by atoms with E-state index in [2.05, 4.69) is 26.0 Å². The summed E-state index contributed by atoms with van der Waals surface area (Å²) < 4.78 is 34.7. The molecule has 476 valence electrons. The van der Waals surface area contributed by atoms with Gasteiger partial charge in [-0.2, -0.15) is 0 Å². The maximum atomic E-state index is 12.8. The molecule has 0 rings (SSSR count). The van der Waals surface area contributed by atoms with Crippen LogP contribution in [0.3, 0.4) is 0 Å². The van der Waals surface area contributed by atoms with Gasteiger partial charge in [0.15, 0.2) is 6.10 Å². The number of allylic oxidation sites excluding steroid dienone is 2. The molecule has 0 fully saturated rings. The molecule has 2 atom stereocenters. The van der Waals surface area contributed by atoms with Crippen LogP contribution >= 0.6 is 7.82 Å². The van der Waals surface area contributed by atoms with Crippen molar-refractivity contribution >= 4 is 19.8 Å². The zero-order valence-electron chi connectivity index (χ0n) is 54.4. The third kappa shape index (κ3) is 65.9. The highest BCUT2D eigenvalue weighted by atomic mass is 31.2. The predicted octanol–water partition coefficient (Wildman–Crippen LogP) is 22.7. The van der Waals surface area contributed by atoms with Gasteiger partial charge >= 0.3 is 19.8 Å². The van der Waals surface area contributed by atoms with Crippen LogP contribution in [0.15, 0.2) is 12.2 Å². The fourth-order valence-electron chi connectivity index (χ4n) is 10.8. The molecule has 0 spiro atoms. The number of ether oxygens (including phenoxy) is 2. The number of hydrogen-bond acceptors (Lipinski definition) is 7. The molecule has 10 heteroatoms. The van der Waals surface area contributed by atoms with Crippen LogP contribution in [-0.4, -0.2) is 74.9 Å². The Bertz CT molecular complexity index is 1350. The molecule has 9 nitrogen and oxygen atoms in total. The van der Waals surface area contributed by atoms with Crippen molar-refractivity contribution in [2.45, 2.75) is 380 Å². The average molecular weight is 1150 g/mol. The Morgan fingerprint density at radius 3 is 0.925 bits per heavy atom. The zero-order chi connectivity index (χ0) is 58.4. The Labute approximate surface area is 498 Å². The van der Waals surface area contributed by atoms with Crippen molar-refractivity contribution in [3.63, 3.8) is 0 Å². The molecule has 0 amide bonds. The smallest absolute Gasteiger partial charge is 0.462 e. The molecule has 0 aliphatic carbocycles. The lowest BCUT2D eigenvalue weighted by Gasteiger charge is -2.24. The highest BCUT2D eigenvalue weighted by Crippen LogP contribution is 2.43. The maximum absolute atomic E-state index is 12.8. The molecule has 1 N–H and O–H groups in total. The third-order valence-corrected chi connectivity index (χ3v) is 17.3. The normalized spacial score (nSPS) is 13.1. The summed E-state index contributed by atoms with van der Waals surface area (Å²) in [5.74, 6) is -0.777. The number of likely N-dealkylation sites (N-methyl/N-ethyl adjacent to an activating group) is 1. The van der Waals surface area contributed by atoms with E-state index < -0.39 is 26.5 Å². The molecule has 2 unspecified atom stereocenters. The van der Waals surface area contributed by atoms with Crippen LogP contribution in [0.2, 0.25) is 0 Å². The number of esters is 2. The van der Waals surface area contributed by atoms with Gasteiger partial charge < -0.3 is 18.9 Å². The predicted molar refractivity (Wildman–Crippen MR) is 345 cm³/mol. The summed E-state index contributed by atoms with van der Waals surface area (Å²) in [6, 6.07) is 0. The molecule has 0 saturated carbocycles. The molecule has 0 heterocycles. The first kappa shape index (κ1) is 78.8. The Hall–Kier alpha value is -1.25. The van der Waals surface area contributed by atoms with Crippen molar-refractivity contribution in [2.24, 2.45) is 0 Å². The Balaban J connectivity index is 3.88. The summed E-state index contributed by atoms with van der Waals surface area (Å²) in [5, 5.41) is 0. The van der Waals surface area contributed by atoms with Crippen molar-refractivity contribution in [3.05, 3.63) is 12.2 Å². The number of hydrogen-bond donors (Lipinski definition) is 1. The van der Waals surface area contributed by atoms with E-state index in [0.29, 0.717) is 23.9 Å². The standard InChI is InChI=1S/C70H138NO8P/c1-6-8-10-12-14-16-18-20-22-24-26-27-28-29-30-31-32-33-34-35-36-37-38-39-40-41-42-43-45-46-48-50-52-54-56-58-60-62-69(72)76-66-68(67-78-80(74,75)77-65-64-71(3,4)5)79-70(73)63-61-59-57-55-53-51-49-47-44-25-23-21-19-17-15-13-11-9-7-2/h21,23,68H,6-20,22,24-67H2,1-5H3/p+1/b23-21-. The Morgan fingerprint density at radius 2 is 0.637 bits per heavy atom. The largest absolute Gasteiger partial charge is 0.472 e. The van der Waals surface area contributed by atoms with Crippen molar-refractivity contribution in [1.82, 2.24) is 0 Å². The molecule has 0 aliphatic heterocycles. The average Bonchev–Trinajstić information content (AvgIpc) is 3.42. The van der Waals surface area contributed by atoms with E-state index in [-0.39, 0.29) is 25.6 Å². The van der Waals surface area contributed by atoms with E-state index >= 15 is 0 Å². The van der Waals surface area contributed by atoms with Crippen LogP contribution in [0.5, 0.6) is 0 Å². The van der Waals surface area contributed by atoms with Gasteiger partial charge in [0.1, 0.15) is 19.8 Å². The van der Waals surface area contributed by atoms with Crippen LogP contribution in [0.1, 0.15) is 373 Å². The van der Waals surface area contributed by atoms with E-state index in [9.17, 15) is 19.0 Å². The summed E-state index contributed by atoms with van der Waals surface area (Å²) in [7, 11) is 1.50. The minimum atomic E-state index is -4.38. The minimum Gasteiger partial charge on any atom is -0.462 e. The van der Waals surface area contributed by atoms with E-state index in [1.807, 2.05) is 21.1 Å². The van der Waals surface area contributed by atoms with Gasteiger partial charge in [-0.05, 0) is 38.5 Å². The van der Waals surface area contributed by atoms with Gasteiger partial charge in [-0.15, -0.1) is 0 Å². The lowest BCUT2D eigenvalue weighted by molar-refractivity contribution is -0.870. The molecular weight excluding hydrogens is 1010 g/mol. The first-order valence-corrected chi connectivity index (χ1v) is 36.9. The second kappa shape index (κ2) is 62.3. The molecule has 0 aromatic carbocycles. The van der Waals surface area contributed by atoms with Gasteiger partial charge in [0.2, 0.25) is 0 Å². The molecule has 0 saturated heterocycles. The van der Waals surface area contributed by atoms with Gasteiger partial charge in [-0.3, -0.25) is 18.6 Å². The Morgan fingerprint density at radius 1 is 0.375 bits per heavy atom. The molecule has 0 bridgehead atoms. The number of rotatable bonds is 67. The lowest BCUT2D eigenvalue weighted by atomic mass is 10.0. The van der Waals surface area contributed by atoms with Crippen molar-refractivity contribution in [1.29, 1.82) is 0 Å². The van der Waals surface area contributed by atoms with E-state index in [1.165, 1.54) is 308 Å². The zero-order valence-corrected chi connectivity index (χ0v) is 55.3. The first-order chi connectivity index (χ1) is 39.0. The number of phosphoric acid groups is 1. The van der Waals surface area contributed by atoms with Gasteiger partial charge in [0.05, 0.1) is 27.7 Å². The second-order valence-electron chi connectivity index (χ2n) is 25.6. The van der Waals surface area contributed by atoms with Crippen molar-refractivity contribution in [3.8, 4) is 0 Å². The quantitative estimate of drug-likeness (QED) is 0.0211. The van der Waals surface area contributed by atoms with Crippen LogP contribution in [0, 0.1) is 0 Å². The number of quaternary nitrogens is 1. The molecule has 0 aromatic heterocycles. The monoisotopic (exact) mass is 1150 g/mol. The summed E-state index contributed by atoms with van der Waals surface area (Å²) in [4.78, 5) is 35.8. The molecule has 80 heavy (non-hydrogen) atoms. The van der Waals surface area contributed by atoms with Gasteiger partial charge in [-0.25, -0.2) is 4.57 Å². The Kier molecular flexibility index (Phi) is 61.3. The molecule has 0 aromatic rings. The number of phosphoric ester groups is 1. The highest BCUT2D eigenvalue weighted by Gasteiger charge is 2.27. The maximum Gasteiger partial charge on any atom is 0.472 e. The fraction of sp³-hybridized carbons (Fsp3) is 0.943. The summed E-state index contributed by atoms with van der Waals surface area (Å²) in [5.41, 5.74) is 0. The van der Waals surface area contributed by atoms with Crippen LogP contribution in [0.25, 0.3) is 0 Å². The van der Waals surface area contributed by atoms with Crippen molar-refractivity contribution < 1.29 is 42.1 Å². The highest BCUT2D eigenvalue weighted by molar-refractivity contribution is 7.47. The third-order valence-electron chi connectivity index (χ3n) is 16.3. The molecular formula is C70H139NO8P+. The number of carbonyl (C=O) groups excluding carboxylic acids is 2. The first-order valence-electron chi connectivity index (χ1n) is 35.4. The fourth-order valence-corrected chi connectivity index (χ4v) is 11.6. The number of nitrogens with zero attached hydrogens (tertiary/aromatic N) is 1. The van der Waals surface area contributed by atoms with Gasteiger partial charge in [-0.1, -0.05) is 334 Å². The number of unbranched alkanes of at least 4 members (excludes halogenated alkanes) is 51. The van der Waals surface area contributed by atoms with Crippen LogP contribution < -0.4 is 0 Å². The van der Waals surface area contributed by atoms with E-state index in [4.69, 9.17) is 18.5 Å². The van der Waals surface area contributed by atoms with Gasteiger partial charge in [0, 0.05) is 12.8 Å². The van der Waals surface area contributed by atoms with Crippen molar-refractivity contribution in [2.75, 3.05) is 47.5 Å². The molecule has 0 radical (unpaired) electrons. The second-order valence-corrected chi connectivity index (χ2v) is 27.1. The minimum absolute atomic E-state index is 0.0352. The van der Waals surface area contributed by atoms with E-state index in [0.717, 1.165) is 32.1 Å². The summed E-state index contributed by atoms with van der Waals surface area (Å²) in [6.07, 6.45) is 76.3. The van der Waals surface area contributed by atoms with Crippen LogP contribution in [-0.2, 0) is 32.7 Å². The van der Waals surface area contributed by atoms with Crippen LogP contribution in [0.4, 0.5) is 0 Å². The summed E-state index contributed by atoms with van der Waals surface area (Å²) >= 11 is 0. The van der Waals surface area contributed by atoms with Gasteiger partial charge in [0.25, 0.3) is 0 Å². The molecule has 0 aliphatic rings. The number of carbonyl (C=O) groups is 2. The lowest BCUT2D eigenvalue weighted by Crippen LogP contribution is -2.37. The SMILES string of the molecule is CCCCCCCC/C=C\CCCCCCCCCCCC(=O)OC(COC(=O)CCCCCCCCCCCCCCCCCCCCCCCCCCCCCCCCCCCCCCC)COP(=O)(O)OCC[N+](C)(C)C. The topological polar surface area (TPSA) is 108 Å². The van der Waals surface area contributed by atoms with E-state index in [1.54, 1.807) is 0 Å². The summed E-state index contributed by atoms with van der Waals surface area (Å²) in [6.45, 7) is 4.50.